The third kappa shape index (κ3) is 8.82. The van der Waals surface area contributed by atoms with Crippen LogP contribution in [0.3, 0.4) is 0 Å². The molecule has 2 heterocycles. The summed E-state index contributed by atoms with van der Waals surface area (Å²) >= 11 is 0. The lowest BCUT2D eigenvalue weighted by Gasteiger charge is -2.29. The van der Waals surface area contributed by atoms with Crippen molar-refractivity contribution in [2.45, 2.75) is 91.6 Å². The van der Waals surface area contributed by atoms with E-state index in [0.29, 0.717) is 18.0 Å². The van der Waals surface area contributed by atoms with Crippen molar-refractivity contribution in [3.8, 4) is 0 Å². The van der Waals surface area contributed by atoms with E-state index in [1.807, 2.05) is 23.1 Å². The summed E-state index contributed by atoms with van der Waals surface area (Å²) in [6, 6.07) is 14.5. The first-order valence-electron chi connectivity index (χ1n) is 15.7. The van der Waals surface area contributed by atoms with Gasteiger partial charge in [0.25, 0.3) is 5.91 Å². The molecule has 0 radical (unpaired) electrons. The van der Waals surface area contributed by atoms with E-state index in [1.54, 1.807) is 6.92 Å². The molecule has 2 aliphatic rings. The van der Waals surface area contributed by atoms with Gasteiger partial charge in [-0.2, -0.15) is 0 Å². The molecule has 2 aromatic rings. The van der Waals surface area contributed by atoms with Crippen LogP contribution in [0.5, 0.6) is 0 Å². The molecule has 218 valence electrons. The van der Waals surface area contributed by atoms with Crippen LogP contribution >= 0.6 is 0 Å². The number of piperidine rings is 1. The summed E-state index contributed by atoms with van der Waals surface area (Å²) in [5.41, 5.74) is 5.04. The quantitative estimate of drug-likeness (QED) is 0.416. The van der Waals surface area contributed by atoms with Gasteiger partial charge in [-0.3, -0.25) is 14.5 Å². The van der Waals surface area contributed by atoms with Gasteiger partial charge in [-0.05, 0) is 99.0 Å². The number of benzene rings is 2. The Bertz CT molecular complexity index is 1110. The molecule has 0 unspecified atom stereocenters. The monoisotopic (exact) mass is 546 g/mol. The molecule has 0 atom stereocenters. The zero-order chi connectivity index (χ0) is 28.3. The number of carbonyl (C=O) groups excluding carboxylic acids is 2. The Labute approximate surface area is 242 Å². The fourth-order valence-electron chi connectivity index (χ4n) is 5.95. The first kappa shape index (κ1) is 30.1. The van der Waals surface area contributed by atoms with Crippen LogP contribution in [0.15, 0.2) is 42.5 Å². The first-order chi connectivity index (χ1) is 19.4. The van der Waals surface area contributed by atoms with Crippen LogP contribution in [0.4, 0.5) is 11.4 Å². The zero-order valence-electron chi connectivity index (χ0n) is 25.1. The molecular weight excluding hydrogens is 496 g/mol. The summed E-state index contributed by atoms with van der Waals surface area (Å²) in [7, 11) is 0. The number of anilines is 2. The molecule has 0 aliphatic carbocycles. The van der Waals surface area contributed by atoms with Crippen LogP contribution in [0, 0.1) is 5.92 Å². The molecule has 6 nitrogen and oxygen atoms in total. The molecule has 1 N–H and O–H groups in total. The van der Waals surface area contributed by atoms with Crippen LogP contribution in [-0.2, 0) is 17.9 Å². The summed E-state index contributed by atoms with van der Waals surface area (Å²) in [6.45, 7) is 12.5. The lowest BCUT2D eigenvalue weighted by molar-refractivity contribution is -0.116. The lowest BCUT2D eigenvalue weighted by atomic mass is 10.0. The fourth-order valence-corrected chi connectivity index (χ4v) is 5.95. The highest BCUT2D eigenvalue weighted by molar-refractivity contribution is 5.97. The van der Waals surface area contributed by atoms with Crippen molar-refractivity contribution >= 4 is 23.2 Å². The molecule has 1 fully saturated rings. The van der Waals surface area contributed by atoms with Gasteiger partial charge >= 0.3 is 0 Å². The number of hydrogen-bond donors (Lipinski definition) is 1. The number of rotatable bonds is 7. The Morgan fingerprint density at radius 2 is 1.55 bits per heavy atom. The Morgan fingerprint density at radius 3 is 2.30 bits per heavy atom. The van der Waals surface area contributed by atoms with Gasteiger partial charge in [-0.15, -0.1) is 0 Å². The number of fused-ring (bicyclic) bond motifs is 1. The van der Waals surface area contributed by atoms with Crippen molar-refractivity contribution in [2.75, 3.05) is 42.5 Å². The average Bonchev–Trinajstić information content (AvgIpc) is 2.95. The van der Waals surface area contributed by atoms with Crippen molar-refractivity contribution < 1.29 is 9.59 Å². The summed E-state index contributed by atoms with van der Waals surface area (Å²) in [5.74, 6) is 0.637. The van der Waals surface area contributed by atoms with Crippen molar-refractivity contribution in [1.29, 1.82) is 0 Å². The smallest absolute Gasteiger partial charge is 0.251 e. The largest absolute Gasteiger partial charge is 0.372 e. The van der Waals surface area contributed by atoms with Crippen LogP contribution in [0.2, 0.25) is 0 Å². The Morgan fingerprint density at radius 1 is 0.850 bits per heavy atom. The van der Waals surface area contributed by atoms with Crippen LogP contribution in [0.1, 0.15) is 100 Å². The highest BCUT2D eigenvalue weighted by Gasteiger charge is 2.20. The second-order valence-corrected chi connectivity index (χ2v) is 12.1. The number of nitrogens with zero attached hydrogens (tertiary/aromatic N) is 3. The summed E-state index contributed by atoms with van der Waals surface area (Å²) < 4.78 is 0. The van der Waals surface area contributed by atoms with Gasteiger partial charge in [0.05, 0.1) is 0 Å². The Hall–Kier alpha value is -2.86. The molecular formula is C34H50N4O2. The van der Waals surface area contributed by atoms with Crippen molar-refractivity contribution in [1.82, 2.24) is 10.2 Å². The molecule has 40 heavy (non-hydrogen) atoms. The predicted octanol–water partition coefficient (Wildman–Crippen LogP) is 6.77. The van der Waals surface area contributed by atoms with Crippen LogP contribution in [-0.4, -0.2) is 49.4 Å². The highest BCUT2D eigenvalue weighted by Crippen LogP contribution is 2.27. The minimum atomic E-state index is -0.0691. The van der Waals surface area contributed by atoms with E-state index < -0.39 is 0 Å². The SMILES string of the molecule is CC(=O)N1CCCCCCCN(CCC(C)C)Cc2cc(C(=O)NCc3cccc(N4CCCCC4)c3)ccc21. The molecule has 0 aromatic heterocycles. The summed E-state index contributed by atoms with van der Waals surface area (Å²) in [6.07, 6.45) is 10.7. The molecule has 6 heteroatoms. The van der Waals surface area contributed by atoms with Crippen molar-refractivity contribution in [3.63, 3.8) is 0 Å². The number of nitrogens with one attached hydrogen (secondary N) is 1. The minimum Gasteiger partial charge on any atom is -0.372 e. The normalized spacial score (nSPS) is 17.6. The van der Waals surface area contributed by atoms with Gasteiger partial charge in [0.1, 0.15) is 0 Å². The maximum atomic E-state index is 13.4. The maximum Gasteiger partial charge on any atom is 0.251 e. The number of amides is 2. The van der Waals surface area contributed by atoms with E-state index in [-0.39, 0.29) is 11.8 Å². The van der Waals surface area contributed by atoms with Gasteiger partial charge in [0.2, 0.25) is 5.91 Å². The summed E-state index contributed by atoms with van der Waals surface area (Å²) in [4.78, 5) is 33.0. The Balaban J connectivity index is 1.52. The second-order valence-electron chi connectivity index (χ2n) is 12.1. The molecule has 0 saturated carbocycles. The van der Waals surface area contributed by atoms with E-state index in [9.17, 15) is 9.59 Å². The van der Waals surface area contributed by atoms with E-state index in [4.69, 9.17) is 0 Å². The maximum absolute atomic E-state index is 13.4. The van der Waals surface area contributed by atoms with Crippen LogP contribution in [0.25, 0.3) is 0 Å². The van der Waals surface area contributed by atoms with Crippen molar-refractivity contribution in [2.24, 2.45) is 5.92 Å². The minimum absolute atomic E-state index is 0.0674. The van der Waals surface area contributed by atoms with E-state index in [0.717, 1.165) is 75.3 Å². The number of hydrogen-bond acceptors (Lipinski definition) is 4. The van der Waals surface area contributed by atoms with Crippen LogP contribution < -0.4 is 15.1 Å². The highest BCUT2D eigenvalue weighted by atomic mass is 16.2. The van der Waals surface area contributed by atoms with E-state index >= 15 is 0 Å². The van der Waals surface area contributed by atoms with Gasteiger partial charge in [-0.1, -0.05) is 45.2 Å². The molecule has 2 aromatic carbocycles. The molecule has 2 aliphatic heterocycles. The van der Waals surface area contributed by atoms with E-state index in [2.05, 4.69) is 53.2 Å². The zero-order valence-corrected chi connectivity index (χ0v) is 25.1. The lowest BCUT2D eigenvalue weighted by Crippen LogP contribution is -2.33. The average molecular weight is 547 g/mol. The predicted molar refractivity (Wildman–Crippen MR) is 166 cm³/mol. The standard InChI is InChI=1S/C34H50N4O2/c1-27(2)17-22-36-18-8-5-4-6-11-21-38(28(3)39)33-16-15-30(24-31(33)26-36)34(40)35-25-29-13-12-14-32(23-29)37-19-9-7-10-20-37/h12-16,23-24,27H,4-11,17-22,25-26H2,1-3H3,(H,35,40). The molecule has 4 rings (SSSR count). The molecule has 0 spiro atoms. The van der Waals surface area contributed by atoms with E-state index in [1.165, 1.54) is 44.2 Å². The van der Waals surface area contributed by atoms with Gasteiger partial charge in [-0.25, -0.2) is 0 Å². The van der Waals surface area contributed by atoms with Gasteiger partial charge in [0, 0.05) is 56.6 Å². The third-order valence-corrected chi connectivity index (χ3v) is 8.37. The fraction of sp³-hybridized carbons (Fsp3) is 0.588. The third-order valence-electron chi connectivity index (χ3n) is 8.37. The summed E-state index contributed by atoms with van der Waals surface area (Å²) in [5, 5.41) is 3.15. The first-order valence-corrected chi connectivity index (χ1v) is 15.7. The molecule has 1 saturated heterocycles. The van der Waals surface area contributed by atoms with Gasteiger partial charge < -0.3 is 15.1 Å². The van der Waals surface area contributed by atoms with Gasteiger partial charge in [0.15, 0.2) is 0 Å². The number of carbonyl (C=O) groups is 2. The molecule has 0 bridgehead atoms. The Kier molecular flexibility index (Phi) is 11.5. The van der Waals surface area contributed by atoms with Crippen molar-refractivity contribution in [3.05, 3.63) is 59.2 Å². The topological polar surface area (TPSA) is 55.9 Å². The molecule has 2 amide bonds. The second kappa shape index (κ2) is 15.2.